The van der Waals surface area contributed by atoms with Crippen LogP contribution in [-0.4, -0.2) is 80.6 Å². The molecule has 12 heteroatoms. The summed E-state index contributed by atoms with van der Waals surface area (Å²) in [4.78, 5) is 14.5. The van der Waals surface area contributed by atoms with Crippen LogP contribution in [0.25, 0.3) is 10.9 Å². The first-order valence-electron chi connectivity index (χ1n) is 15.2. The highest BCUT2D eigenvalue weighted by Crippen LogP contribution is 2.41. The predicted octanol–water partition coefficient (Wildman–Crippen LogP) is 5.23. The van der Waals surface area contributed by atoms with Gasteiger partial charge < -0.3 is 30.0 Å². The topological polar surface area (TPSA) is 79.8 Å². The number of aromatic nitrogens is 1. The van der Waals surface area contributed by atoms with E-state index in [0.717, 1.165) is 63.7 Å². The summed E-state index contributed by atoms with van der Waals surface area (Å²) in [5.74, 6) is 4.62. The number of benzene rings is 2. The Balaban J connectivity index is 1.16. The summed E-state index contributed by atoms with van der Waals surface area (Å²) < 4.78 is 67.4. The zero-order chi connectivity index (χ0) is 31.8. The van der Waals surface area contributed by atoms with Crippen molar-refractivity contribution in [2.45, 2.75) is 50.5 Å². The number of ether oxygens (including phenoxy) is 2. The lowest BCUT2D eigenvalue weighted by molar-refractivity contribution is -0.200. The summed E-state index contributed by atoms with van der Waals surface area (Å²) in [5.41, 5.74) is 1.96. The van der Waals surface area contributed by atoms with Crippen molar-refractivity contribution in [3.8, 4) is 17.6 Å². The van der Waals surface area contributed by atoms with E-state index in [2.05, 4.69) is 32.7 Å². The van der Waals surface area contributed by atoms with E-state index in [-0.39, 0.29) is 35.3 Å². The zero-order valence-corrected chi connectivity index (χ0v) is 25.3. The quantitative estimate of drug-likeness (QED) is 0.235. The Bertz CT molecular complexity index is 1620. The van der Waals surface area contributed by atoms with Crippen molar-refractivity contribution in [2.75, 3.05) is 57.6 Å². The van der Waals surface area contributed by atoms with Gasteiger partial charge in [0, 0.05) is 54.8 Å². The van der Waals surface area contributed by atoms with Crippen LogP contribution < -0.4 is 20.7 Å². The number of nitrogens with zero attached hydrogens (tertiary/aromatic N) is 2. The number of amides is 1. The van der Waals surface area contributed by atoms with E-state index < -0.39 is 24.4 Å². The molecule has 2 saturated heterocycles. The average molecular weight is 628 g/mol. The van der Waals surface area contributed by atoms with Crippen molar-refractivity contribution < 1.29 is 31.8 Å². The van der Waals surface area contributed by atoms with Gasteiger partial charge in [-0.05, 0) is 55.9 Å². The number of carbonyl (C=O) groups excluding carboxylic acids is 1. The molecule has 3 aliphatic rings. The molecule has 3 N–H and O–H groups in total. The van der Waals surface area contributed by atoms with Gasteiger partial charge in [-0.15, -0.1) is 0 Å². The van der Waals surface area contributed by atoms with Crippen molar-refractivity contribution in [3.63, 3.8) is 0 Å². The monoisotopic (exact) mass is 627 g/mol. The Hall–Kier alpha value is -3.95. The maximum absolute atomic E-state index is 14.5. The summed E-state index contributed by atoms with van der Waals surface area (Å²) in [5, 5.41) is 9.60. The molecule has 1 aliphatic carbocycles. The number of anilines is 2. The Morgan fingerprint density at radius 1 is 1.11 bits per heavy atom. The molecule has 0 bridgehead atoms. The van der Waals surface area contributed by atoms with Crippen molar-refractivity contribution in [2.24, 2.45) is 5.41 Å². The molecule has 1 spiro atoms. The van der Waals surface area contributed by atoms with E-state index in [1.54, 1.807) is 18.2 Å². The van der Waals surface area contributed by atoms with Crippen LogP contribution >= 0.6 is 0 Å². The lowest BCUT2D eigenvalue weighted by Crippen LogP contribution is -2.68. The Morgan fingerprint density at radius 2 is 1.87 bits per heavy atom. The first kappa shape index (κ1) is 31.0. The average Bonchev–Trinajstić information content (AvgIpc) is 3.31. The summed E-state index contributed by atoms with van der Waals surface area (Å²) in [6.07, 6.45) is -0.270. The Labute approximate surface area is 259 Å². The molecule has 6 rings (SSSR count). The molecule has 0 unspecified atom stereocenters. The smallest absolute Gasteiger partial charge is 0.406 e. The molecule has 3 fully saturated rings. The van der Waals surface area contributed by atoms with Crippen molar-refractivity contribution >= 4 is 28.2 Å². The Kier molecular flexibility index (Phi) is 8.59. The number of fused-ring (bicyclic) bond motifs is 1. The number of likely N-dealkylation sites (tertiary alicyclic amines) is 1. The fourth-order valence-electron chi connectivity index (χ4n) is 6.76. The number of methoxy groups -OCH3 is 1. The van der Waals surface area contributed by atoms with Gasteiger partial charge in [0.05, 0.1) is 49.3 Å². The van der Waals surface area contributed by atoms with Crippen LogP contribution in [0, 0.1) is 23.1 Å². The van der Waals surface area contributed by atoms with Gasteiger partial charge in [0.25, 0.3) is 5.91 Å². The molecule has 45 heavy (non-hydrogen) atoms. The van der Waals surface area contributed by atoms with Gasteiger partial charge in [-0.2, -0.15) is 13.2 Å². The lowest BCUT2D eigenvalue weighted by Gasteiger charge is -2.58. The highest BCUT2D eigenvalue weighted by molar-refractivity contribution is 5.95. The summed E-state index contributed by atoms with van der Waals surface area (Å²) in [7, 11) is 2.78. The van der Waals surface area contributed by atoms with E-state index in [4.69, 9.17) is 9.47 Å². The van der Waals surface area contributed by atoms with Crippen LogP contribution in [0.1, 0.15) is 41.7 Å². The second-order valence-electron chi connectivity index (χ2n) is 12.3. The van der Waals surface area contributed by atoms with E-state index in [0.29, 0.717) is 22.4 Å². The molecule has 2 aromatic carbocycles. The maximum Gasteiger partial charge on any atom is 0.406 e. The lowest BCUT2D eigenvalue weighted by atomic mass is 9.75. The van der Waals surface area contributed by atoms with Crippen LogP contribution in [-0.2, 0) is 11.3 Å². The highest BCUT2D eigenvalue weighted by atomic mass is 19.4. The van der Waals surface area contributed by atoms with Crippen molar-refractivity contribution in [1.29, 1.82) is 0 Å². The third-order valence-corrected chi connectivity index (χ3v) is 9.09. The molecule has 3 aromatic rings. The van der Waals surface area contributed by atoms with Crippen LogP contribution in [0.2, 0.25) is 0 Å². The Morgan fingerprint density at radius 3 is 2.51 bits per heavy atom. The number of carbonyl (C=O) groups is 1. The standard InChI is InChI=1S/C33H37F4N5O3/c1-38-31(43)24-14-30(44-2)28(15-26(24)34)39-12-4-5-23-13-25-27(6-3-7-29(25)42(23)18-33(35,36)37)40-21-8-10-22(11-9-21)41-16-32(17-41)19-45-20-32/h3,6-7,13-15,21-22,39-40H,8-12,16-20H2,1-2H3,(H,38,43)/t21-,22+. The third-order valence-electron chi connectivity index (χ3n) is 9.09. The minimum absolute atomic E-state index is 0.00216. The van der Waals surface area contributed by atoms with Gasteiger partial charge in [-0.3, -0.25) is 9.69 Å². The fourth-order valence-corrected chi connectivity index (χ4v) is 6.76. The van der Waals surface area contributed by atoms with Crippen LogP contribution in [0.15, 0.2) is 36.4 Å². The number of alkyl halides is 3. The summed E-state index contributed by atoms with van der Waals surface area (Å²) in [6.45, 7) is 2.83. The maximum atomic E-state index is 14.5. The largest absolute Gasteiger partial charge is 0.495 e. The summed E-state index contributed by atoms with van der Waals surface area (Å²) in [6, 6.07) is 10.3. The highest BCUT2D eigenvalue weighted by Gasteiger charge is 2.50. The summed E-state index contributed by atoms with van der Waals surface area (Å²) >= 11 is 0. The van der Waals surface area contributed by atoms with E-state index >= 15 is 0 Å². The molecule has 240 valence electrons. The van der Waals surface area contributed by atoms with Crippen molar-refractivity contribution in [1.82, 2.24) is 14.8 Å². The fraction of sp³-hybridized carbons (Fsp3) is 0.485. The van der Waals surface area contributed by atoms with Gasteiger partial charge in [-0.25, -0.2) is 4.39 Å². The van der Waals surface area contributed by atoms with Crippen LogP contribution in [0.4, 0.5) is 28.9 Å². The second-order valence-corrected chi connectivity index (χ2v) is 12.3. The third kappa shape index (κ3) is 6.56. The van der Waals surface area contributed by atoms with Gasteiger partial charge in [-0.1, -0.05) is 12.0 Å². The van der Waals surface area contributed by atoms with E-state index in [9.17, 15) is 22.4 Å². The molecule has 1 aromatic heterocycles. The number of hydrogen-bond acceptors (Lipinski definition) is 6. The SMILES string of the molecule is CNC(=O)c1cc(OC)c(NCC#Cc2cc3c(N[C@H]4CC[C@@H](N5CC6(COC6)C5)CC4)cccc3n2CC(F)(F)F)cc1F. The molecule has 0 atom stereocenters. The molecule has 1 amide bonds. The molecule has 3 heterocycles. The molecule has 8 nitrogen and oxygen atoms in total. The zero-order valence-electron chi connectivity index (χ0n) is 25.3. The second kappa shape index (κ2) is 12.4. The normalized spacial score (nSPS) is 20.9. The molecule has 0 radical (unpaired) electrons. The first-order chi connectivity index (χ1) is 21.6. The molecule has 1 saturated carbocycles. The minimum atomic E-state index is -4.44. The number of hydrogen-bond donors (Lipinski definition) is 3. The van der Waals surface area contributed by atoms with E-state index in [1.165, 1.54) is 24.8 Å². The van der Waals surface area contributed by atoms with Gasteiger partial charge >= 0.3 is 6.18 Å². The van der Waals surface area contributed by atoms with E-state index in [1.807, 2.05) is 6.07 Å². The predicted molar refractivity (Wildman–Crippen MR) is 164 cm³/mol. The molecular formula is C33H37F4N5O3. The van der Waals surface area contributed by atoms with Gasteiger partial charge in [0.2, 0.25) is 0 Å². The number of halogens is 4. The number of rotatable bonds is 8. The molecule has 2 aliphatic heterocycles. The van der Waals surface area contributed by atoms with Gasteiger partial charge in [0.1, 0.15) is 18.1 Å². The van der Waals surface area contributed by atoms with Crippen LogP contribution in [0.5, 0.6) is 5.75 Å². The van der Waals surface area contributed by atoms with Gasteiger partial charge in [0.15, 0.2) is 0 Å². The first-order valence-corrected chi connectivity index (χ1v) is 15.2. The van der Waals surface area contributed by atoms with Crippen molar-refractivity contribution in [3.05, 3.63) is 53.5 Å². The van der Waals surface area contributed by atoms with Crippen LogP contribution in [0.3, 0.4) is 0 Å². The minimum Gasteiger partial charge on any atom is -0.495 e. The number of nitrogens with one attached hydrogen (secondary N) is 3. The molecular weight excluding hydrogens is 590 g/mol.